The zero-order valence-corrected chi connectivity index (χ0v) is 20.9. The Morgan fingerprint density at radius 2 is 1.38 bits per heavy atom. The molecule has 142 valence electrons. The monoisotopic (exact) mass is 408 g/mol. The summed E-state index contributed by atoms with van der Waals surface area (Å²) >= 11 is 0. The van der Waals surface area contributed by atoms with Gasteiger partial charge in [-0.15, -0.1) is 0 Å². The SMILES string of the molecule is C=CC(=O)OCCC[Si](C)(C)O[Si](C)(C)O[Si](C)(C)O[Si](C)(C)C. The summed E-state index contributed by atoms with van der Waals surface area (Å²) in [5, 5.41) is 0. The molecule has 0 atom stereocenters. The van der Waals surface area contributed by atoms with E-state index in [4.69, 9.17) is 17.1 Å². The van der Waals surface area contributed by atoms with Crippen LogP contribution in [0.1, 0.15) is 6.42 Å². The highest BCUT2D eigenvalue weighted by atomic mass is 28.5. The highest BCUT2D eigenvalue weighted by Crippen LogP contribution is 2.25. The fourth-order valence-corrected chi connectivity index (χ4v) is 21.3. The third-order valence-corrected chi connectivity index (χ3v) is 17.0. The van der Waals surface area contributed by atoms with Crippen LogP contribution in [-0.4, -0.2) is 46.3 Å². The molecule has 0 aromatic carbocycles. The van der Waals surface area contributed by atoms with Gasteiger partial charge in [-0.2, -0.15) is 0 Å². The third-order valence-electron chi connectivity index (χ3n) is 2.90. The molecule has 0 aliphatic rings. The van der Waals surface area contributed by atoms with Crippen molar-refractivity contribution in [1.29, 1.82) is 0 Å². The molecule has 0 N–H and O–H groups in total. The van der Waals surface area contributed by atoms with Crippen molar-refractivity contribution in [2.75, 3.05) is 6.61 Å². The lowest BCUT2D eigenvalue weighted by Crippen LogP contribution is -2.55. The number of hydrogen-bond donors (Lipinski definition) is 0. The minimum Gasteiger partial charge on any atom is -0.463 e. The van der Waals surface area contributed by atoms with E-state index < -0.39 is 33.8 Å². The number of ether oxygens (including phenoxy) is 1. The highest BCUT2D eigenvalue weighted by molar-refractivity contribution is 6.89. The summed E-state index contributed by atoms with van der Waals surface area (Å²) in [5.74, 6) is -0.371. The maximum atomic E-state index is 11.1. The van der Waals surface area contributed by atoms with Gasteiger partial charge < -0.3 is 17.1 Å². The van der Waals surface area contributed by atoms with Crippen LogP contribution in [0, 0.1) is 0 Å². The van der Waals surface area contributed by atoms with Gasteiger partial charge in [0.05, 0.1) is 6.61 Å². The Hall–Kier alpha value is -0.0425. The van der Waals surface area contributed by atoms with E-state index in [0.717, 1.165) is 12.5 Å². The molecule has 0 aromatic heterocycles. The number of rotatable bonds is 11. The van der Waals surface area contributed by atoms with Gasteiger partial charge in [-0.05, 0) is 71.4 Å². The Bertz CT molecular complexity index is 430. The Balaban J connectivity index is 4.54. The summed E-state index contributed by atoms with van der Waals surface area (Å²) in [6.45, 7) is 23.1. The molecule has 0 rings (SSSR count). The molecule has 0 saturated carbocycles. The smallest absolute Gasteiger partial charge is 0.330 e. The maximum absolute atomic E-state index is 11.1. The van der Waals surface area contributed by atoms with E-state index in [1.807, 2.05) is 0 Å². The average molecular weight is 409 g/mol. The average Bonchev–Trinajstić information content (AvgIpc) is 2.27. The van der Waals surface area contributed by atoms with E-state index in [1.165, 1.54) is 6.08 Å². The normalized spacial score (nSPS) is 13.7. The molecular formula is C15H36O5Si4. The lowest BCUT2D eigenvalue weighted by molar-refractivity contribution is -0.137. The van der Waals surface area contributed by atoms with Crippen LogP contribution >= 0.6 is 0 Å². The predicted octanol–water partition coefficient (Wildman–Crippen LogP) is 4.60. The van der Waals surface area contributed by atoms with Crippen LogP contribution < -0.4 is 0 Å². The van der Waals surface area contributed by atoms with E-state index in [-0.39, 0.29) is 5.97 Å². The standard InChI is InChI=1S/C15H36O5Si4/c1-11-15(16)17-13-12-14-22(5,6)19-24(9,10)20-23(7,8)18-21(2,3)4/h11H,1,12-14H2,2-10H3. The molecule has 0 heterocycles. The summed E-state index contributed by atoms with van der Waals surface area (Å²) in [5.41, 5.74) is 0. The molecule has 0 aliphatic carbocycles. The minimum atomic E-state index is -2.27. The largest absolute Gasteiger partial charge is 0.463 e. The number of esters is 1. The number of hydrogen-bond acceptors (Lipinski definition) is 5. The van der Waals surface area contributed by atoms with Crippen LogP contribution in [0.4, 0.5) is 0 Å². The molecule has 24 heavy (non-hydrogen) atoms. The molecule has 5 nitrogen and oxygen atoms in total. The second kappa shape index (κ2) is 9.06. The summed E-state index contributed by atoms with van der Waals surface area (Å²) < 4.78 is 24.2. The second-order valence-corrected chi connectivity index (χ2v) is 24.7. The van der Waals surface area contributed by atoms with Gasteiger partial charge in [0.25, 0.3) is 0 Å². The van der Waals surface area contributed by atoms with Crippen LogP contribution in [0.5, 0.6) is 0 Å². The van der Waals surface area contributed by atoms with Gasteiger partial charge in [0.2, 0.25) is 0 Å². The second-order valence-electron chi connectivity index (χ2n) is 8.45. The topological polar surface area (TPSA) is 54.0 Å². The zero-order chi connectivity index (χ0) is 19.2. The van der Waals surface area contributed by atoms with Crippen molar-refractivity contribution in [2.24, 2.45) is 0 Å². The Morgan fingerprint density at radius 3 is 1.83 bits per heavy atom. The van der Waals surface area contributed by atoms with Crippen LogP contribution in [0.25, 0.3) is 0 Å². The highest BCUT2D eigenvalue weighted by Gasteiger charge is 2.42. The fraction of sp³-hybridized carbons (Fsp3) is 0.800. The summed E-state index contributed by atoms with van der Waals surface area (Å²) in [7, 11) is -7.97. The molecular weight excluding hydrogens is 373 g/mol. The third kappa shape index (κ3) is 12.3. The first kappa shape index (κ1) is 24.0. The lowest BCUT2D eigenvalue weighted by atomic mass is 10.5. The van der Waals surface area contributed by atoms with E-state index in [1.54, 1.807) is 0 Å². The molecule has 0 aliphatic heterocycles. The van der Waals surface area contributed by atoms with E-state index in [2.05, 4.69) is 65.5 Å². The fourth-order valence-electron chi connectivity index (χ4n) is 2.82. The van der Waals surface area contributed by atoms with Crippen LogP contribution in [0.2, 0.25) is 65.0 Å². The van der Waals surface area contributed by atoms with Crippen LogP contribution in [0.15, 0.2) is 12.7 Å². The van der Waals surface area contributed by atoms with Gasteiger partial charge in [-0.25, -0.2) is 4.79 Å². The van der Waals surface area contributed by atoms with E-state index >= 15 is 0 Å². The van der Waals surface area contributed by atoms with Gasteiger partial charge in [0, 0.05) is 6.08 Å². The molecule has 0 aromatic rings. The molecule has 0 spiro atoms. The lowest BCUT2D eigenvalue weighted by Gasteiger charge is -2.40. The molecule has 0 amide bonds. The van der Waals surface area contributed by atoms with Gasteiger partial charge in [-0.3, -0.25) is 0 Å². The van der Waals surface area contributed by atoms with Gasteiger partial charge >= 0.3 is 23.1 Å². The first-order valence-corrected chi connectivity index (χ1v) is 20.6. The number of carbonyl (C=O) groups is 1. The zero-order valence-electron chi connectivity index (χ0n) is 16.9. The van der Waals surface area contributed by atoms with Crippen molar-refractivity contribution in [1.82, 2.24) is 0 Å². The van der Waals surface area contributed by atoms with Crippen molar-refractivity contribution >= 4 is 39.7 Å². The first-order valence-electron chi connectivity index (χ1n) is 8.47. The molecule has 9 heteroatoms. The molecule has 0 saturated heterocycles. The Kier molecular flexibility index (Phi) is 9.04. The molecule has 0 radical (unpaired) electrons. The van der Waals surface area contributed by atoms with Crippen LogP contribution in [0.3, 0.4) is 0 Å². The maximum Gasteiger partial charge on any atom is 0.330 e. The molecule has 0 fully saturated rings. The van der Waals surface area contributed by atoms with Crippen molar-refractivity contribution in [3.8, 4) is 0 Å². The predicted molar refractivity (Wildman–Crippen MR) is 110 cm³/mol. The quantitative estimate of drug-likeness (QED) is 0.216. The molecule has 0 unspecified atom stereocenters. The first-order chi connectivity index (χ1) is 10.6. The van der Waals surface area contributed by atoms with Crippen molar-refractivity contribution < 1.29 is 21.9 Å². The van der Waals surface area contributed by atoms with Crippen LogP contribution in [-0.2, 0) is 21.9 Å². The van der Waals surface area contributed by atoms with Crippen molar-refractivity contribution in [3.05, 3.63) is 12.7 Å². The summed E-state index contributed by atoms with van der Waals surface area (Å²) in [4.78, 5) is 11.1. The van der Waals surface area contributed by atoms with Gasteiger partial charge in [-0.1, -0.05) is 6.58 Å². The Morgan fingerprint density at radius 1 is 0.875 bits per heavy atom. The van der Waals surface area contributed by atoms with Crippen molar-refractivity contribution in [2.45, 2.75) is 71.4 Å². The van der Waals surface area contributed by atoms with E-state index in [0.29, 0.717) is 6.61 Å². The number of carbonyl (C=O) groups excluding carboxylic acids is 1. The molecule has 0 bridgehead atoms. The minimum absolute atomic E-state index is 0.371. The van der Waals surface area contributed by atoms with Gasteiger partial charge in [0.15, 0.2) is 16.6 Å². The van der Waals surface area contributed by atoms with Crippen molar-refractivity contribution in [3.63, 3.8) is 0 Å². The van der Waals surface area contributed by atoms with E-state index in [9.17, 15) is 4.79 Å². The summed E-state index contributed by atoms with van der Waals surface area (Å²) in [6, 6.07) is 0.925. The van der Waals surface area contributed by atoms with Gasteiger partial charge in [0.1, 0.15) is 0 Å². The Labute approximate surface area is 152 Å². The summed E-state index contributed by atoms with van der Waals surface area (Å²) in [6.07, 6.45) is 1.99.